The summed E-state index contributed by atoms with van der Waals surface area (Å²) in [4.78, 5) is 25.2. The summed E-state index contributed by atoms with van der Waals surface area (Å²) < 4.78 is 24.6. The van der Waals surface area contributed by atoms with Gasteiger partial charge in [0.05, 0.1) is 13.2 Å². The Morgan fingerprint density at radius 3 is 1.10 bits per heavy atom. The minimum atomic E-state index is -1.55. The molecular weight excluding hydrogens is 669 g/mol. The van der Waals surface area contributed by atoms with E-state index in [0.29, 0.717) is 24.3 Å². The van der Waals surface area contributed by atoms with Gasteiger partial charge in [0.1, 0.15) is 11.5 Å². The number of nitrogens with one attached hydrogen (secondary N) is 2. The van der Waals surface area contributed by atoms with Crippen molar-refractivity contribution in [3.63, 3.8) is 0 Å². The number of carbonyl (C=O) groups excluding carboxylic acids is 2. The summed E-state index contributed by atoms with van der Waals surface area (Å²) in [6, 6.07) is 16.3. The second kappa shape index (κ2) is 19.8. The molecule has 0 aromatic heterocycles. The topological polar surface area (TPSA) is 95.1 Å². The van der Waals surface area contributed by atoms with E-state index in [1.807, 2.05) is 0 Å². The van der Waals surface area contributed by atoms with Gasteiger partial charge in [-0.3, -0.25) is 20.4 Å². The smallest absolute Gasteiger partial charge is 0.269 e. The Morgan fingerprint density at radius 2 is 0.792 bits per heavy atom. The van der Waals surface area contributed by atoms with Crippen LogP contribution in [0.5, 0.6) is 11.5 Å². The van der Waals surface area contributed by atoms with E-state index in [0.717, 1.165) is 37.2 Å². The van der Waals surface area contributed by atoms with E-state index < -0.39 is 45.1 Å². The van der Waals surface area contributed by atoms with Crippen LogP contribution in [-0.4, -0.2) is 58.3 Å². The van der Waals surface area contributed by atoms with E-state index in [9.17, 15) is 9.59 Å². The predicted octanol–water partition coefficient (Wildman–Crippen LogP) is 9.75. The number of hydrazine groups is 1. The molecule has 2 N–H and O–H groups in total. The summed E-state index contributed by atoms with van der Waals surface area (Å²) in [6.45, 7) is 24.2. The Balaban J connectivity index is 1.60. The lowest BCUT2D eigenvalue weighted by molar-refractivity contribution is 0.0846. The number of amides is 2. The van der Waals surface area contributed by atoms with Crippen LogP contribution in [-0.2, 0) is 8.23 Å². The lowest BCUT2D eigenvalue weighted by atomic mass is 10.2. The number of unbranched alkanes of at least 4 members (excludes halogenated alkanes) is 6. The summed E-state index contributed by atoms with van der Waals surface area (Å²) in [5.41, 5.74) is 5.84. The molecule has 0 aliphatic heterocycles. The SMILES string of the molecule is C[Si](C)(C)O[Si](C)(C)CCCCCCOc1ccc(C(=O)NNC(=O)c2ccc(OCCCCCC[Si](C)(C)O[Si](C)(C)C)cc2)cc1. The Morgan fingerprint density at radius 1 is 0.479 bits per heavy atom. The maximum atomic E-state index is 12.6. The summed E-state index contributed by atoms with van der Waals surface area (Å²) in [5, 5.41) is 0. The molecule has 2 amide bonds. The molecule has 0 radical (unpaired) electrons. The first-order chi connectivity index (χ1) is 22.3. The van der Waals surface area contributed by atoms with Crippen molar-refractivity contribution in [2.45, 2.75) is 129 Å². The second-order valence-electron chi connectivity index (χ2n) is 15.9. The molecule has 0 aliphatic rings. The molecule has 0 unspecified atom stereocenters. The van der Waals surface area contributed by atoms with E-state index in [1.165, 1.54) is 37.8 Å². The molecule has 270 valence electrons. The first-order valence-corrected chi connectivity index (χ1v) is 30.9. The van der Waals surface area contributed by atoms with Gasteiger partial charge in [0.15, 0.2) is 33.3 Å². The lowest BCUT2D eigenvalue weighted by Gasteiger charge is -2.31. The molecule has 0 saturated heterocycles. The largest absolute Gasteiger partial charge is 0.494 e. The molecule has 8 nitrogen and oxygen atoms in total. The zero-order valence-electron chi connectivity index (χ0n) is 31.6. The predicted molar refractivity (Wildman–Crippen MR) is 209 cm³/mol. The molecular formula is C36H64N2O6Si4. The molecule has 0 aliphatic carbocycles. The van der Waals surface area contributed by atoms with Crippen LogP contribution in [0, 0.1) is 0 Å². The van der Waals surface area contributed by atoms with Gasteiger partial charge in [0, 0.05) is 11.1 Å². The van der Waals surface area contributed by atoms with Crippen LogP contribution in [0.1, 0.15) is 72.1 Å². The lowest BCUT2D eigenvalue weighted by Crippen LogP contribution is -2.42. The van der Waals surface area contributed by atoms with Gasteiger partial charge >= 0.3 is 0 Å². The number of hydrogen-bond acceptors (Lipinski definition) is 6. The van der Waals surface area contributed by atoms with Crippen molar-refractivity contribution in [3.8, 4) is 11.5 Å². The van der Waals surface area contributed by atoms with Gasteiger partial charge in [-0.25, -0.2) is 0 Å². The summed E-state index contributed by atoms with van der Waals surface area (Å²) in [5.74, 6) is 0.662. The van der Waals surface area contributed by atoms with Gasteiger partial charge in [-0.15, -0.1) is 0 Å². The molecule has 0 heterocycles. The normalized spacial score (nSPS) is 12.5. The summed E-state index contributed by atoms with van der Waals surface area (Å²) in [6.07, 6.45) is 9.04. The number of ether oxygens (including phenoxy) is 2. The van der Waals surface area contributed by atoms with Gasteiger partial charge in [-0.2, -0.15) is 0 Å². The van der Waals surface area contributed by atoms with Crippen molar-refractivity contribution in [3.05, 3.63) is 59.7 Å². The van der Waals surface area contributed by atoms with Crippen molar-refractivity contribution in [1.29, 1.82) is 0 Å². The summed E-state index contributed by atoms with van der Waals surface area (Å²) in [7, 11) is -6.05. The molecule has 0 saturated carbocycles. The zero-order valence-corrected chi connectivity index (χ0v) is 35.6. The monoisotopic (exact) mass is 732 g/mol. The second-order valence-corrected chi connectivity index (χ2v) is 34.1. The molecule has 0 spiro atoms. The molecule has 2 aromatic rings. The van der Waals surface area contributed by atoms with E-state index >= 15 is 0 Å². The number of rotatable bonds is 22. The van der Waals surface area contributed by atoms with Crippen molar-refractivity contribution < 1.29 is 27.3 Å². The maximum absolute atomic E-state index is 12.6. The standard InChI is InChI=1S/C36H64N2O6Si4/c1-45(2,3)43-47(7,8)29-17-13-11-15-27-41-33-23-19-31(20-24-33)35(39)37-38-36(40)32-21-25-34(26-22-32)42-28-16-12-14-18-30-48(9,10)44-46(4,5)6/h19-26H,11-18,27-30H2,1-10H3,(H,37,39)(H,38,40). The Labute approximate surface area is 295 Å². The molecule has 0 atom stereocenters. The fraction of sp³-hybridized carbons (Fsp3) is 0.611. The first kappa shape index (κ1) is 41.9. The third-order valence-electron chi connectivity index (χ3n) is 7.57. The van der Waals surface area contributed by atoms with E-state index in [1.54, 1.807) is 48.5 Å². The number of hydrogen-bond donors (Lipinski definition) is 2. The third kappa shape index (κ3) is 19.1. The Bertz CT molecular complexity index is 1150. The van der Waals surface area contributed by atoms with Gasteiger partial charge in [0.25, 0.3) is 11.8 Å². The Kier molecular flexibility index (Phi) is 17.3. The van der Waals surface area contributed by atoms with E-state index in [-0.39, 0.29) is 0 Å². The van der Waals surface area contributed by atoms with Crippen LogP contribution in [0.25, 0.3) is 0 Å². The van der Waals surface area contributed by atoms with E-state index in [4.69, 9.17) is 17.7 Å². The van der Waals surface area contributed by atoms with Gasteiger partial charge in [-0.1, -0.05) is 38.5 Å². The molecule has 0 bridgehead atoms. The summed E-state index contributed by atoms with van der Waals surface area (Å²) >= 11 is 0. The minimum absolute atomic E-state index is 0.395. The number of carbonyl (C=O) groups is 2. The molecule has 48 heavy (non-hydrogen) atoms. The van der Waals surface area contributed by atoms with Gasteiger partial charge < -0.3 is 17.7 Å². The average Bonchev–Trinajstić information content (AvgIpc) is 2.97. The van der Waals surface area contributed by atoms with Crippen LogP contribution in [0.2, 0.25) is 77.6 Å². The fourth-order valence-electron chi connectivity index (χ4n) is 5.82. The highest BCUT2D eigenvalue weighted by Crippen LogP contribution is 2.23. The van der Waals surface area contributed by atoms with Crippen molar-refractivity contribution in [1.82, 2.24) is 10.9 Å². The van der Waals surface area contributed by atoms with Crippen molar-refractivity contribution in [2.24, 2.45) is 0 Å². The number of benzene rings is 2. The van der Waals surface area contributed by atoms with Crippen LogP contribution in [0.15, 0.2) is 48.5 Å². The van der Waals surface area contributed by atoms with Crippen LogP contribution in [0.3, 0.4) is 0 Å². The fourth-order valence-corrected chi connectivity index (χ4v) is 22.1. The van der Waals surface area contributed by atoms with Gasteiger partial charge in [-0.05, 0) is 139 Å². The molecule has 12 heteroatoms. The van der Waals surface area contributed by atoms with Crippen LogP contribution in [0.4, 0.5) is 0 Å². The Hall–Kier alpha value is -2.23. The van der Waals surface area contributed by atoms with Crippen LogP contribution < -0.4 is 20.3 Å². The van der Waals surface area contributed by atoms with E-state index in [2.05, 4.69) is 76.3 Å². The maximum Gasteiger partial charge on any atom is 0.269 e. The highest BCUT2D eigenvalue weighted by atomic mass is 28.4. The van der Waals surface area contributed by atoms with Crippen LogP contribution >= 0.6 is 0 Å². The molecule has 2 rings (SSSR count). The highest BCUT2D eigenvalue weighted by Gasteiger charge is 2.29. The highest BCUT2D eigenvalue weighted by molar-refractivity contribution is 6.84. The van der Waals surface area contributed by atoms with Crippen molar-refractivity contribution in [2.75, 3.05) is 13.2 Å². The first-order valence-electron chi connectivity index (χ1n) is 17.8. The average molecular weight is 733 g/mol. The molecule has 2 aromatic carbocycles. The minimum Gasteiger partial charge on any atom is -0.494 e. The zero-order chi connectivity index (χ0) is 35.8. The van der Waals surface area contributed by atoms with Crippen molar-refractivity contribution >= 4 is 45.1 Å². The third-order valence-corrected chi connectivity index (χ3v) is 20.0. The van der Waals surface area contributed by atoms with Gasteiger partial charge in [0.2, 0.25) is 0 Å². The molecule has 0 fully saturated rings. The quantitative estimate of drug-likeness (QED) is 0.0711.